The molecule has 3 heteroatoms. The molecule has 0 aromatic heterocycles. The molecule has 3 nitrogen and oxygen atoms in total. The van der Waals surface area contributed by atoms with E-state index < -0.39 is 0 Å². The lowest BCUT2D eigenvalue weighted by Crippen LogP contribution is -2.59. The molecule has 1 rings (SSSR count). The standard InChI is InChI=1S/C13H26N2O/c1-11(16)13(14(5)6)7-9-15(10-8-13)12(2,3)4/h7-10H2,1-6H3. The number of hydrogen-bond acceptors (Lipinski definition) is 3. The summed E-state index contributed by atoms with van der Waals surface area (Å²) in [7, 11) is 4.04. The molecular formula is C13H26N2O. The highest BCUT2D eigenvalue weighted by Crippen LogP contribution is 2.31. The number of likely N-dealkylation sites (tertiary alicyclic amines) is 1. The van der Waals surface area contributed by atoms with Crippen molar-refractivity contribution in [2.45, 2.75) is 51.6 Å². The van der Waals surface area contributed by atoms with Crippen molar-refractivity contribution in [2.75, 3.05) is 27.2 Å². The van der Waals surface area contributed by atoms with Gasteiger partial charge in [-0.05, 0) is 54.6 Å². The monoisotopic (exact) mass is 226 g/mol. The fourth-order valence-corrected chi connectivity index (χ4v) is 2.66. The summed E-state index contributed by atoms with van der Waals surface area (Å²) in [6.45, 7) is 10.5. The molecule has 94 valence electrons. The number of Topliss-reactive ketones (excluding diaryl/α,β-unsaturated/α-hetero) is 1. The Kier molecular flexibility index (Phi) is 3.80. The van der Waals surface area contributed by atoms with Gasteiger partial charge >= 0.3 is 0 Å². The lowest BCUT2D eigenvalue weighted by molar-refractivity contribution is -0.131. The number of hydrogen-bond donors (Lipinski definition) is 0. The number of nitrogens with zero attached hydrogens (tertiary/aromatic N) is 2. The first kappa shape index (κ1) is 13.7. The van der Waals surface area contributed by atoms with E-state index in [1.54, 1.807) is 6.92 Å². The second kappa shape index (κ2) is 4.46. The quantitative estimate of drug-likeness (QED) is 0.717. The SMILES string of the molecule is CC(=O)C1(N(C)C)CCN(C(C)(C)C)CC1. The highest BCUT2D eigenvalue weighted by Gasteiger charge is 2.42. The Bertz CT molecular complexity index is 258. The van der Waals surface area contributed by atoms with Crippen LogP contribution in [0.5, 0.6) is 0 Å². The van der Waals surface area contributed by atoms with Crippen molar-refractivity contribution < 1.29 is 4.79 Å². The topological polar surface area (TPSA) is 23.6 Å². The molecule has 1 aliphatic rings. The molecule has 0 aromatic rings. The maximum absolute atomic E-state index is 11.9. The summed E-state index contributed by atoms with van der Waals surface area (Å²) in [5.41, 5.74) is -0.00296. The van der Waals surface area contributed by atoms with Crippen molar-refractivity contribution in [3.05, 3.63) is 0 Å². The van der Waals surface area contributed by atoms with Gasteiger partial charge in [-0.15, -0.1) is 0 Å². The predicted octanol–water partition coefficient (Wildman–Crippen LogP) is 1.77. The highest BCUT2D eigenvalue weighted by atomic mass is 16.1. The molecule has 0 N–H and O–H groups in total. The van der Waals surface area contributed by atoms with Crippen molar-refractivity contribution in [3.8, 4) is 0 Å². The van der Waals surface area contributed by atoms with E-state index in [-0.39, 0.29) is 11.1 Å². The minimum atomic E-state index is -0.220. The van der Waals surface area contributed by atoms with Gasteiger partial charge in [-0.3, -0.25) is 14.6 Å². The van der Waals surface area contributed by atoms with Gasteiger partial charge in [-0.2, -0.15) is 0 Å². The van der Waals surface area contributed by atoms with Crippen LogP contribution in [-0.2, 0) is 4.79 Å². The molecule has 16 heavy (non-hydrogen) atoms. The summed E-state index contributed by atoms with van der Waals surface area (Å²) in [5, 5.41) is 0. The number of carbonyl (C=O) groups excluding carboxylic acids is 1. The van der Waals surface area contributed by atoms with Gasteiger partial charge in [0.2, 0.25) is 0 Å². The first-order valence-corrected chi connectivity index (χ1v) is 6.14. The van der Waals surface area contributed by atoms with Crippen molar-refractivity contribution in [2.24, 2.45) is 0 Å². The van der Waals surface area contributed by atoms with Crippen molar-refractivity contribution in [3.63, 3.8) is 0 Å². The van der Waals surface area contributed by atoms with Crippen molar-refractivity contribution >= 4 is 5.78 Å². The molecule has 1 heterocycles. The van der Waals surface area contributed by atoms with Crippen molar-refractivity contribution in [1.82, 2.24) is 9.80 Å². The number of carbonyl (C=O) groups is 1. The summed E-state index contributed by atoms with van der Waals surface area (Å²) in [4.78, 5) is 16.4. The first-order chi connectivity index (χ1) is 7.20. The van der Waals surface area contributed by atoms with Gasteiger partial charge < -0.3 is 0 Å². The zero-order valence-electron chi connectivity index (χ0n) is 11.6. The Labute approximate surface area is 99.8 Å². The van der Waals surface area contributed by atoms with Crippen LogP contribution in [0.1, 0.15) is 40.5 Å². The fraction of sp³-hybridized carbons (Fsp3) is 0.923. The molecule has 1 fully saturated rings. The van der Waals surface area contributed by atoms with Gasteiger partial charge in [-0.1, -0.05) is 0 Å². The van der Waals surface area contributed by atoms with E-state index in [1.165, 1.54) is 0 Å². The zero-order chi connectivity index (χ0) is 12.6. The average Bonchev–Trinajstić information content (AvgIpc) is 2.15. The number of ketones is 1. The normalized spacial score (nSPS) is 22.4. The van der Waals surface area contributed by atoms with Gasteiger partial charge in [0.1, 0.15) is 5.78 Å². The molecule has 0 bridgehead atoms. The van der Waals surface area contributed by atoms with Crippen LogP contribution in [-0.4, -0.2) is 53.8 Å². The maximum atomic E-state index is 11.9. The second-order valence-corrected chi connectivity index (χ2v) is 6.14. The smallest absolute Gasteiger partial charge is 0.150 e. The molecule has 0 aromatic carbocycles. The number of likely N-dealkylation sites (N-methyl/N-ethyl adjacent to an activating group) is 1. The van der Waals surface area contributed by atoms with E-state index in [9.17, 15) is 4.79 Å². The lowest BCUT2D eigenvalue weighted by Gasteiger charge is -2.48. The van der Waals surface area contributed by atoms with E-state index in [0.29, 0.717) is 5.78 Å². The van der Waals surface area contributed by atoms with Gasteiger partial charge in [0.05, 0.1) is 5.54 Å². The van der Waals surface area contributed by atoms with E-state index in [1.807, 2.05) is 14.1 Å². The van der Waals surface area contributed by atoms with Crippen LogP contribution in [0.2, 0.25) is 0 Å². The highest BCUT2D eigenvalue weighted by molar-refractivity contribution is 5.86. The third-order valence-electron chi connectivity index (χ3n) is 4.05. The molecule has 0 unspecified atom stereocenters. The van der Waals surface area contributed by atoms with Crippen LogP contribution in [0.25, 0.3) is 0 Å². The molecule has 0 aliphatic carbocycles. The van der Waals surface area contributed by atoms with Crippen molar-refractivity contribution in [1.29, 1.82) is 0 Å². The Morgan fingerprint density at radius 3 is 1.88 bits per heavy atom. The fourth-order valence-electron chi connectivity index (χ4n) is 2.66. The predicted molar refractivity (Wildman–Crippen MR) is 67.7 cm³/mol. The molecule has 0 saturated carbocycles. The Hall–Kier alpha value is -0.410. The molecule has 0 amide bonds. The van der Waals surface area contributed by atoms with E-state index >= 15 is 0 Å². The largest absolute Gasteiger partial charge is 0.298 e. The summed E-state index contributed by atoms with van der Waals surface area (Å²) < 4.78 is 0. The van der Waals surface area contributed by atoms with Crippen LogP contribution >= 0.6 is 0 Å². The zero-order valence-corrected chi connectivity index (χ0v) is 11.6. The van der Waals surface area contributed by atoms with Crippen LogP contribution in [0.15, 0.2) is 0 Å². The van der Waals surface area contributed by atoms with Crippen LogP contribution in [0, 0.1) is 0 Å². The third kappa shape index (κ3) is 2.46. The number of piperidine rings is 1. The first-order valence-electron chi connectivity index (χ1n) is 6.14. The Morgan fingerprint density at radius 2 is 1.62 bits per heavy atom. The molecule has 1 aliphatic heterocycles. The Morgan fingerprint density at radius 1 is 1.19 bits per heavy atom. The van der Waals surface area contributed by atoms with E-state index in [4.69, 9.17) is 0 Å². The number of rotatable bonds is 2. The Balaban J connectivity index is 2.75. The van der Waals surface area contributed by atoms with Gasteiger partial charge in [0.25, 0.3) is 0 Å². The van der Waals surface area contributed by atoms with E-state index in [2.05, 4.69) is 30.6 Å². The van der Waals surface area contributed by atoms with Gasteiger partial charge in [0, 0.05) is 18.6 Å². The van der Waals surface area contributed by atoms with E-state index in [0.717, 1.165) is 25.9 Å². The summed E-state index contributed by atoms with van der Waals surface area (Å²) in [6, 6.07) is 0. The third-order valence-corrected chi connectivity index (χ3v) is 4.05. The molecule has 0 atom stereocenters. The molecule has 0 radical (unpaired) electrons. The van der Waals surface area contributed by atoms with Gasteiger partial charge in [-0.25, -0.2) is 0 Å². The molecule has 1 saturated heterocycles. The minimum Gasteiger partial charge on any atom is -0.298 e. The van der Waals surface area contributed by atoms with Gasteiger partial charge in [0.15, 0.2) is 0 Å². The summed E-state index contributed by atoms with van der Waals surface area (Å²) >= 11 is 0. The molecular weight excluding hydrogens is 200 g/mol. The van der Waals surface area contributed by atoms with Crippen LogP contribution in [0.3, 0.4) is 0 Å². The summed E-state index contributed by atoms with van der Waals surface area (Å²) in [6.07, 6.45) is 1.90. The average molecular weight is 226 g/mol. The second-order valence-electron chi connectivity index (χ2n) is 6.14. The minimum absolute atomic E-state index is 0.218. The lowest BCUT2D eigenvalue weighted by atomic mass is 9.81. The van der Waals surface area contributed by atoms with Crippen LogP contribution in [0.4, 0.5) is 0 Å². The maximum Gasteiger partial charge on any atom is 0.150 e. The molecule has 0 spiro atoms. The van der Waals surface area contributed by atoms with Crippen LogP contribution < -0.4 is 0 Å². The summed E-state index contributed by atoms with van der Waals surface area (Å²) in [5.74, 6) is 0.311.